The van der Waals surface area contributed by atoms with E-state index in [1.54, 1.807) is 48.7 Å². The number of ether oxygens (including phenoxy) is 10. The third-order valence-corrected chi connectivity index (χ3v) is 7.26. The van der Waals surface area contributed by atoms with E-state index in [0.29, 0.717) is 38.8 Å². The summed E-state index contributed by atoms with van der Waals surface area (Å²) in [5.41, 5.74) is 2.16. The molecule has 0 spiro atoms. The minimum absolute atomic E-state index is 0.0547. The molecule has 266 valence electrons. The van der Waals surface area contributed by atoms with E-state index in [4.69, 9.17) is 47.4 Å². The molecule has 0 aromatic heterocycles. The Morgan fingerprint density at radius 1 is 0.574 bits per heavy atom. The Labute approximate surface area is 282 Å². The lowest BCUT2D eigenvalue weighted by Gasteiger charge is -2.28. The Kier molecular flexibility index (Phi) is 24.4. The van der Waals surface area contributed by atoms with Crippen LogP contribution < -0.4 is 9.47 Å². The molecule has 2 aromatic carbocycles. The van der Waals surface area contributed by atoms with Gasteiger partial charge < -0.3 is 47.4 Å². The van der Waals surface area contributed by atoms with Gasteiger partial charge in [-0.2, -0.15) is 0 Å². The average molecular weight is 663 g/mol. The SMILES string of the molecule is C=CC[C@@H](C)C[C@@H](OC)[C@@H](COCc1ccc(OC)cc1)OCOC.C=CC[C@@H](OC)[C@@H](COCc1ccc(OC)cc1)OCOC. The van der Waals surface area contributed by atoms with E-state index in [-0.39, 0.29) is 38.0 Å². The van der Waals surface area contributed by atoms with Crippen LogP contribution in [0.2, 0.25) is 0 Å². The second kappa shape index (κ2) is 27.2. The summed E-state index contributed by atoms with van der Waals surface area (Å²) in [7, 11) is 9.86. The van der Waals surface area contributed by atoms with E-state index in [1.165, 1.54) is 0 Å². The Bertz CT molecular complexity index is 1030. The summed E-state index contributed by atoms with van der Waals surface area (Å²) in [6.07, 6.45) is 5.70. The summed E-state index contributed by atoms with van der Waals surface area (Å²) in [4.78, 5) is 0. The first kappa shape index (κ1) is 42.2. The predicted octanol–water partition coefficient (Wildman–Crippen LogP) is 6.61. The molecular formula is C37H58O10. The highest BCUT2D eigenvalue weighted by Crippen LogP contribution is 2.19. The minimum atomic E-state index is -0.207. The lowest BCUT2D eigenvalue weighted by atomic mass is 9.97. The quantitative estimate of drug-likeness (QED) is 0.0810. The third-order valence-electron chi connectivity index (χ3n) is 7.26. The topological polar surface area (TPSA) is 92.3 Å². The van der Waals surface area contributed by atoms with Crippen molar-refractivity contribution in [2.75, 3.05) is 69.5 Å². The molecule has 2 rings (SSSR count). The monoisotopic (exact) mass is 662 g/mol. The van der Waals surface area contributed by atoms with Crippen molar-refractivity contribution in [1.82, 2.24) is 0 Å². The van der Waals surface area contributed by atoms with E-state index in [9.17, 15) is 0 Å². The van der Waals surface area contributed by atoms with Crippen molar-refractivity contribution in [3.63, 3.8) is 0 Å². The Balaban J connectivity index is 0.000000474. The van der Waals surface area contributed by atoms with Crippen LogP contribution in [0.4, 0.5) is 0 Å². The molecule has 0 aliphatic rings. The van der Waals surface area contributed by atoms with Gasteiger partial charge in [-0.05, 0) is 60.6 Å². The second-order valence-electron chi connectivity index (χ2n) is 10.9. The van der Waals surface area contributed by atoms with Crippen LogP contribution in [0.5, 0.6) is 11.5 Å². The maximum absolute atomic E-state index is 5.86. The van der Waals surface area contributed by atoms with Crippen molar-refractivity contribution >= 4 is 0 Å². The fraction of sp³-hybridized carbons (Fsp3) is 0.568. The van der Waals surface area contributed by atoms with Gasteiger partial charge >= 0.3 is 0 Å². The molecule has 0 saturated carbocycles. The Hall–Kier alpha value is -2.80. The molecular weight excluding hydrogens is 604 g/mol. The maximum Gasteiger partial charge on any atom is 0.146 e. The first-order valence-electron chi connectivity index (χ1n) is 15.8. The van der Waals surface area contributed by atoms with Gasteiger partial charge in [-0.15, -0.1) is 13.2 Å². The first-order chi connectivity index (χ1) is 22.9. The molecule has 10 heteroatoms. The van der Waals surface area contributed by atoms with Gasteiger partial charge in [0.1, 0.15) is 37.3 Å². The van der Waals surface area contributed by atoms with Crippen LogP contribution in [0, 0.1) is 5.92 Å². The zero-order valence-electron chi connectivity index (χ0n) is 29.5. The third kappa shape index (κ3) is 18.4. The molecule has 0 unspecified atom stereocenters. The summed E-state index contributed by atoms with van der Waals surface area (Å²) in [6, 6.07) is 15.6. The highest BCUT2D eigenvalue weighted by Gasteiger charge is 2.25. The molecule has 47 heavy (non-hydrogen) atoms. The van der Waals surface area contributed by atoms with Gasteiger partial charge in [-0.25, -0.2) is 0 Å². The molecule has 0 bridgehead atoms. The lowest BCUT2D eigenvalue weighted by molar-refractivity contribution is -0.147. The predicted molar refractivity (Wildman–Crippen MR) is 184 cm³/mol. The number of hydrogen-bond donors (Lipinski definition) is 0. The first-order valence-corrected chi connectivity index (χ1v) is 15.8. The molecule has 0 saturated heterocycles. The van der Waals surface area contributed by atoms with Crippen LogP contribution >= 0.6 is 0 Å². The second-order valence-corrected chi connectivity index (χ2v) is 10.9. The zero-order valence-corrected chi connectivity index (χ0v) is 29.5. The van der Waals surface area contributed by atoms with Crippen LogP contribution in [0.25, 0.3) is 0 Å². The van der Waals surface area contributed by atoms with Crippen molar-refractivity contribution in [3.05, 3.63) is 85.0 Å². The number of methoxy groups -OCH3 is 6. The molecule has 0 heterocycles. The summed E-state index contributed by atoms with van der Waals surface area (Å²) in [5.74, 6) is 2.13. The molecule has 10 nitrogen and oxygen atoms in total. The van der Waals surface area contributed by atoms with Crippen molar-refractivity contribution in [1.29, 1.82) is 0 Å². The van der Waals surface area contributed by atoms with Crippen LogP contribution in [0.3, 0.4) is 0 Å². The molecule has 5 atom stereocenters. The van der Waals surface area contributed by atoms with Gasteiger partial charge in [0.25, 0.3) is 0 Å². The van der Waals surface area contributed by atoms with E-state index in [1.807, 2.05) is 54.6 Å². The molecule has 0 fully saturated rings. The van der Waals surface area contributed by atoms with Crippen molar-refractivity contribution in [2.24, 2.45) is 5.92 Å². The van der Waals surface area contributed by atoms with Crippen molar-refractivity contribution < 1.29 is 47.4 Å². The minimum Gasteiger partial charge on any atom is -0.497 e. The number of hydrogen-bond acceptors (Lipinski definition) is 10. The highest BCUT2D eigenvalue weighted by atomic mass is 16.7. The summed E-state index contributed by atoms with van der Waals surface area (Å²) >= 11 is 0. The number of allylic oxidation sites excluding steroid dienone is 1. The molecule has 2 aromatic rings. The fourth-order valence-corrected chi connectivity index (χ4v) is 4.61. The van der Waals surface area contributed by atoms with E-state index < -0.39 is 0 Å². The lowest BCUT2D eigenvalue weighted by Crippen LogP contribution is -2.36. The van der Waals surface area contributed by atoms with Gasteiger partial charge in [-0.3, -0.25) is 0 Å². The van der Waals surface area contributed by atoms with Gasteiger partial charge in [0.15, 0.2) is 0 Å². The largest absolute Gasteiger partial charge is 0.497 e. The van der Waals surface area contributed by atoms with Crippen LogP contribution in [0.1, 0.15) is 37.3 Å². The van der Waals surface area contributed by atoms with Gasteiger partial charge in [0.2, 0.25) is 0 Å². The van der Waals surface area contributed by atoms with Crippen molar-refractivity contribution in [3.8, 4) is 11.5 Å². The number of benzene rings is 2. The summed E-state index contributed by atoms with van der Waals surface area (Å²) in [6.45, 7) is 12.0. The Morgan fingerprint density at radius 2 is 1.00 bits per heavy atom. The van der Waals surface area contributed by atoms with Crippen molar-refractivity contribution in [2.45, 2.75) is 63.8 Å². The summed E-state index contributed by atoms with van der Waals surface area (Å²) < 4.78 is 54.4. The normalized spacial score (nSPS) is 14.2. The van der Waals surface area contributed by atoms with E-state index >= 15 is 0 Å². The molecule has 0 aliphatic carbocycles. The molecule has 0 N–H and O–H groups in total. The van der Waals surface area contributed by atoms with Gasteiger partial charge in [0, 0.05) is 28.4 Å². The van der Waals surface area contributed by atoms with Crippen LogP contribution in [-0.2, 0) is 51.1 Å². The van der Waals surface area contributed by atoms with Gasteiger partial charge in [-0.1, -0.05) is 43.3 Å². The van der Waals surface area contributed by atoms with E-state index in [2.05, 4.69) is 20.1 Å². The smallest absolute Gasteiger partial charge is 0.146 e. The molecule has 0 amide bonds. The molecule has 0 radical (unpaired) electrons. The van der Waals surface area contributed by atoms with Crippen LogP contribution in [-0.4, -0.2) is 93.9 Å². The fourth-order valence-electron chi connectivity index (χ4n) is 4.61. The maximum atomic E-state index is 5.86. The highest BCUT2D eigenvalue weighted by molar-refractivity contribution is 5.27. The zero-order chi connectivity index (χ0) is 34.7. The van der Waals surface area contributed by atoms with Crippen LogP contribution in [0.15, 0.2) is 73.8 Å². The standard InChI is InChI=1S/C20H32O5.C17H26O5/c1-6-7-16(2)12-19(23-5)20(25-15-21-3)14-24-13-17-8-10-18(22-4)11-9-17;1-5-6-16(20-4)17(22-13-18-2)12-21-11-14-7-9-15(19-3)10-8-14/h6,8-11,16,19-20H,1,7,12-15H2,2-5H3;5,7-10,16-17H,1,6,11-13H2,2-4H3/t16-,19-,20-;16-,17-/m11/s1. The summed E-state index contributed by atoms with van der Waals surface area (Å²) in [5, 5.41) is 0. The molecule has 0 aliphatic heterocycles. The Morgan fingerprint density at radius 3 is 1.36 bits per heavy atom. The average Bonchev–Trinajstić information content (AvgIpc) is 3.10. The number of rotatable bonds is 26. The van der Waals surface area contributed by atoms with Gasteiger partial charge in [0.05, 0.1) is 52.9 Å². The van der Waals surface area contributed by atoms with E-state index in [0.717, 1.165) is 35.5 Å².